The second-order valence-corrected chi connectivity index (χ2v) is 9.82. The first-order chi connectivity index (χ1) is 15.0. The van der Waals surface area contributed by atoms with E-state index in [1.807, 2.05) is 60.7 Å². The predicted octanol–water partition coefficient (Wildman–Crippen LogP) is 3.98. The van der Waals surface area contributed by atoms with Crippen LogP contribution in [0.5, 0.6) is 0 Å². The molecule has 162 valence electrons. The smallest absolute Gasteiger partial charge is 0.224 e. The maximum absolute atomic E-state index is 13.3. The SMILES string of the molecule is Cc1ccc(C[C@H](O)C[C@H](Cc2ccccc2)C(=O)N[C@H]2c3ccccc3C[C@H]2O)s1. The van der Waals surface area contributed by atoms with E-state index in [2.05, 4.69) is 18.3 Å². The average molecular weight is 436 g/mol. The summed E-state index contributed by atoms with van der Waals surface area (Å²) in [5.74, 6) is -0.496. The van der Waals surface area contributed by atoms with Gasteiger partial charge in [0.25, 0.3) is 0 Å². The number of hydrogen-bond acceptors (Lipinski definition) is 4. The Hall–Kier alpha value is -2.47. The monoisotopic (exact) mass is 435 g/mol. The molecule has 0 unspecified atom stereocenters. The van der Waals surface area contributed by atoms with E-state index in [0.717, 1.165) is 21.6 Å². The lowest BCUT2D eigenvalue weighted by Crippen LogP contribution is -2.39. The number of aliphatic hydroxyl groups excluding tert-OH is 2. The van der Waals surface area contributed by atoms with E-state index in [4.69, 9.17) is 0 Å². The zero-order valence-electron chi connectivity index (χ0n) is 17.7. The molecule has 0 bridgehead atoms. The summed E-state index contributed by atoms with van der Waals surface area (Å²) in [6.45, 7) is 2.05. The Bertz CT molecular complexity index is 1020. The van der Waals surface area contributed by atoms with Crippen LogP contribution in [-0.2, 0) is 24.1 Å². The van der Waals surface area contributed by atoms with Crippen LogP contribution in [0.25, 0.3) is 0 Å². The maximum atomic E-state index is 13.3. The van der Waals surface area contributed by atoms with Crippen molar-refractivity contribution in [2.24, 2.45) is 5.92 Å². The molecule has 4 atom stereocenters. The third-order valence-electron chi connectivity index (χ3n) is 5.99. The number of carbonyl (C=O) groups excluding carboxylic acids is 1. The van der Waals surface area contributed by atoms with E-state index in [9.17, 15) is 15.0 Å². The molecule has 5 heteroatoms. The minimum atomic E-state index is -0.627. The summed E-state index contributed by atoms with van der Waals surface area (Å²) in [4.78, 5) is 15.7. The second-order valence-electron chi connectivity index (χ2n) is 8.45. The highest BCUT2D eigenvalue weighted by Crippen LogP contribution is 2.32. The lowest BCUT2D eigenvalue weighted by Gasteiger charge is -2.24. The van der Waals surface area contributed by atoms with Gasteiger partial charge >= 0.3 is 0 Å². The van der Waals surface area contributed by atoms with Crippen LogP contribution in [0.2, 0.25) is 0 Å². The van der Waals surface area contributed by atoms with E-state index in [1.165, 1.54) is 4.88 Å². The normalized spacial score (nSPS) is 19.6. The molecule has 0 spiro atoms. The van der Waals surface area contributed by atoms with Crippen molar-refractivity contribution in [3.63, 3.8) is 0 Å². The first-order valence-corrected chi connectivity index (χ1v) is 11.6. The van der Waals surface area contributed by atoms with Crippen LogP contribution in [0.3, 0.4) is 0 Å². The molecule has 1 aliphatic rings. The molecule has 0 aliphatic heterocycles. The third kappa shape index (κ3) is 5.42. The van der Waals surface area contributed by atoms with E-state index >= 15 is 0 Å². The van der Waals surface area contributed by atoms with E-state index in [0.29, 0.717) is 25.7 Å². The summed E-state index contributed by atoms with van der Waals surface area (Å²) in [7, 11) is 0. The zero-order valence-corrected chi connectivity index (χ0v) is 18.5. The second kappa shape index (κ2) is 9.77. The molecule has 0 saturated heterocycles. The number of carbonyl (C=O) groups is 1. The molecule has 0 radical (unpaired) electrons. The molecule has 31 heavy (non-hydrogen) atoms. The van der Waals surface area contributed by atoms with Crippen molar-refractivity contribution in [2.75, 3.05) is 0 Å². The average Bonchev–Trinajstić information content (AvgIpc) is 3.30. The van der Waals surface area contributed by atoms with Gasteiger partial charge in [0, 0.05) is 28.5 Å². The number of fused-ring (bicyclic) bond motifs is 1. The maximum Gasteiger partial charge on any atom is 0.224 e. The zero-order chi connectivity index (χ0) is 21.8. The van der Waals surface area contributed by atoms with Gasteiger partial charge in [-0.2, -0.15) is 0 Å². The summed E-state index contributed by atoms with van der Waals surface area (Å²) in [5.41, 5.74) is 3.12. The Morgan fingerprint density at radius 3 is 2.55 bits per heavy atom. The molecular formula is C26H29NO3S. The molecule has 3 aromatic rings. The molecule has 0 saturated carbocycles. The van der Waals surface area contributed by atoms with Crippen LogP contribution in [0.1, 0.15) is 38.9 Å². The lowest BCUT2D eigenvalue weighted by atomic mass is 9.91. The van der Waals surface area contributed by atoms with Crippen molar-refractivity contribution in [1.82, 2.24) is 5.32 Å². The molecule has 1 amide bonds. The van der Waals surface area contributed by atoms with Gasteiger partial charge in [0.1, 0.15) is 0 Å². The molecule has 4 rings (SSSR count). The Labute approximate surface area is 187 Å². The minimum Gasteiger partial charge on any atom is -0.393 e. The standard InChI is InChI=1S/C26H29NO3S/c1-17-11-12-22(31-17)16-21(28)14-20(13-18-7-3-2-4-8-18)26(30)27-25-23-10-6-5-9-19(23)15-24(25)29/h2-12,20-21,24-25,28-29H,13-16H2,1H3,(H,27,30)/t20-,21+,24+,25-/m0/s1. The molecule has 0 fully saturated rings. The lowest BCUT2D eigenvalue weighted by molar-refractivity contribution is -0.127. The van der Waals surface area contributed by atoms with E-state index < -0.39 is 18.2 Å². The fourth-order valence-electron chi connectivity index (χ4n) is 4.44. The third-order valence-corrected chi connectivity index (χ3v) is 7.01. The highest BCUT2D eigenvalue weighted by atomic mass is 32.1. The van der Waals surface area contributed by atoms with Gasteiger partial charge in [0.05, 0.1) is 18.2 Å². The molecule has 1 heterocycles. The molecule has 2 aromatic carbocycles. The van der Waals surface area contributed by atoms with Crippen molar-refractivity contribution >= 4 is 17.2 Å². The number of aliphatic hydroxyl groups is 2. The summed E-state index contributed by atoms with van der Waals surface area (Å²) in [6, 6.07) is 21.5. The highest BCUT2D eigenvalue weighted by Gasteiger charge is 2.34. The van der Waals surface area contributed by atoms with Gasteiger partial charge in [0.2, 0.25) is 5.91 Å². The molecular weight excluding hydrogens is 406 g/mol. The first kappa shape index (κ1) is 21.8. The summed E-state index contributed by atoms with van der Waals surface area (Å²) >= 11 is 1.68. The Morgan fingerprint density at radius 1 is 1.06 bits per heavy atom. The first-order valence-electron chi connectivity index (χ1n) is 10.8. The van der Waals surface area contributed by atoms with Crippen LogP contribution >= 0.6 is 11.3 Å². The van der Waals surface area contributed by atoms with Crippen molar-refractivity contribution in [1.29, 1.82) is 0 Å². The van der Waals surface area contributed by atoms with Crippen molar-refractivity contribution in [3.05, 3.63) is 93.2 Å². The summed E-state index contributed by atoms with van der Waals surface area (Å²) < 4.78 is 0. The quantitative estimate of drug-likeness (QED) is 0.501. The largest absolute Gasteiger partial charge is 0.393 e. The van der Waals surface area contributed by atoms with Gasteiger partial charge in [-0.3, -0.25) is 4.79 Å². The topological polar surface area (TPSA) is 69.6 Å². The van der Waals surface area contributed by atoms with Crippen LogP contribution in [0.15, 0.2) is 66.7 Å². The molecule has 1 aliphatic carbocycles. The van der Waals surface area contributed by atoms with Gasteiger partial charge in [0.15, 0.2) is 0 Å². The van der Waals surface area contributed by atoms with Gasteiger partial charge < -0.3 is 15.5 Å². The summed E-state index contributed by atoms with van der Waals surface area (Å²) in [6.07, 6.45) is 0.799. The number of rotatable bonds is 8. The Morgan fingerprint density at radius 2 is 1.81 bits per heavy atom. The molecule has 4 nitrogen and oxygen atoms in total. The molecule has 1 aromatic heterocycles. The van der Waals surface area contributed by atoms with Crippen LogP contribution in [-0.4, -0.2) is 28.3 Å². The van der Waals surface area contributed by atoms with E-state index in [1.54, 1.807) is 11.3 Å². The Kier molecular flexibility index (Phi) is 6.86. The fourth-order valence-corrected chi connectivity index (χ4v) is 5.40. The summed E-state index contributed by atoms with van der Waals surface area (Å²) in [5, 5.41) is 24.4. The number of benzene rings is 2. The number of aryl methyl sites for hydroxylation is 1. The number of amides is 1. The van der Waals surface area contributed by atoms with Crippen LogP contribution in [0.4, 0.5) is 0 Å². The van der Waals surface area contributed by atoms with Gasteiger partial charge in [-0.1, -0.05) is 54.6 Å². The predicted molar refractivity (Wildman–Crippen MR) is 124 cm³/mol. The number of hydrogen-bond donors (Lipinski definition) is 3. The van der Waals surface area contributed by atoms with Crippen LogP contribution in [0, 0.1) is 12.8 Å². The van der Waals surface area contributed by atoms with Gasteiger partial charge in [-0.15, -0.1) is 11.3 Å². The van der Waals surface area contributed by atoms with Crippen LogP contribution < -0.4 is 5.32 Å². The molecule has 3 N–H and O–H groups in total. The van der Waals surface area contributed by atoms with Gasteiger partial charge in [-0.25, -0.2) is 0 Å². The van der Waals surface area contributed by atoms with Crippen molar-refractivity contribution in [3.8, 4) is 0 Å². The number of nitrogens with one attached hydrogen (secondary N) is 1. The van der Waals surface area contributed by atoms with Crippen molar-refractivity contribution in [2.45, 2.75) is 50.9 Å². The van der Waals surface area contributed by atoms with E-state index in [-0.39, 0.29) is 11.8 Å². The fraction of sp³-hybridized carbons (Fsp3) is 0.346. The Balaban J connectivity index is 1.48. The van der Waals surface area contributed by atoms with Crippen molar-refractivity contribution < 1.29 is 15.0 Å². The van der Waals surface area contributed by atoms with Gasteiger partial charge in [-0.05, 0) is 48.6 Å². The minimum absolute atomic E-state index is 0.119. The number of thiophene rings is 1. The highest BCUT2D eigenvalue weighted by molar-refractivity contribution is 7.11.